The van der Waals surface area contributed by atoms with Gasteiger partial charge in [0.15, 0.2) is 0 Å². The lowest BCUT2D eigenvalue weighted by Gasteiger charge is -2.18. The van der Waals surface area contributed by atoms with Crippen LogP contribution in [-0.2, 0) is 12.5 Å². The lowest BCUT2D eigenvalue weighted by Crippen LogP contribution is -2.41. The van der Waals surface area contributed by atoms with Crippen molar-refractivity contribution in [1.82, 2.24) is 9.13 Å². The zero-order chi connectivity index (χ0) is 15.0. The number of hydrogen-bond acceptors (Lipinski definition) is 2. The van der Waals surface area contributed by atoms with Gasteiger partial charge in [0.1, 0.15) is 0 Å². The molecular weight excluding hydrogens is 278 g/mol. The molecule has 0 spiro atoms. The van der Waals surface area contributed by atoms with E-state index in [4.69, 9.17) is 0 Å². The summed E-state index contributed by atoms with van der Waals surface area (Å²) >= 11 is 0. The van der Waals surface area contributed by atoms with Gasteiger partial charge in [-0.1, -0.05) is 30.4 Å². The van der Waals surface area contributed by atoms with Crippen LogP contribution in [-0.4, -0.2) is 9.13 Å². The van der Waals surface area contributed by atoms with Crippen molar-refractivity contribution in [2.75, 3.05) is 0 Å². The van der Waals surface area contributed by atoms with Crippen molar-refractivity contribution in [2.45, 2.75) is 18.9 Å². The Morgan fingerprint density at radius 2 is 1.76 bits per heavy atom. The number of hydrogen-bond donors (Lipinski definition) is 0. The van der Waals surface area contributed by atoms with E-state index in [-0.39, 0.29) is 6.54 Å². The monoisotopic (exact) mass is 290 g/mol. The van der Waals surface area contributed by atoms with Crippen LogP contribution in [0.15, 0.2) is 58.1 Å². The molecule has 0 fully saturated rings. The van der Waals surface area contributed by atoms with E-state index in [0.29, 0.717) is 5.69 Å². The van der Waals surface area contributed by atoms with E-state index >= 15 is 0 Å². The lowest BCUT2D eigenvalue weighted by molar-refractivity contribution is -0.00876. The third kappa shape index (κ3) is 2.22. The molecule has 0 bridgehead atoms. The Balaban J connectivity index is 2.33. The topological polar surface area (TPSA) is 44.0 Å². The minimum atomic E-state index is -3.22. The summed E-state index contributed by atoms with van der Waals surface area (Å²) in [5.74, 6) is -3.22. The molecule has 1 aliphatic heterocycles. The van der Waals surface area contributed by atoms with E-state index in [1.54, 1.807) is 30.3 Å². The number of aromatic nitrogens is 2. The molecule has 0 aliphatic carbocycles. The van der Waals surface area contributed by atoms with Gasteiger partial charge >= 0.3 is 5.69 Å². The summed E-state index contributed by atoms with van der Waals surface area (Å²) in [4.78, 5) is 24.5. The third-order valence-electron chi connectivity index (χ3n) is 3.41. The van der Waals surface area contributed by atoms with Crippen molar-refractivity contribution in [2.24, 2.45) is 0 Å². The van der Waals surface area contributed by atoms with Crippen molar-refractivity contribution in [3.8, 4) is 5.69 Å². The molecule has 1 aliphatic rings. The van der Waals surface area contributed by atoms with Gasteiger partial charge in [0.05, 0.1) is 11.4 Å². The molecule has 108 valence electrons. The first-order valence-electron chi connectivity index (χ1n) is 6.46. The minimum Gasteiger partial charge on any atom is -0.287 e. The van der Waals surface area contributed by atoms with Crippen LogP contribution < -0.4 is 11.2 Å². The van der Waals surface area contributed by atoms with Gasteiger partial charge in [-0.05, 0) is 12.1 Å². The number of halogens is 2. The minimum absolute atomic E-state index is 0.0247. The number of nitrogens with zero attached hydrogens (tertiary/aromatic N) is 2. The number of rotatable bonds is 1. The van der Waals surface area contributed by atoms with Crippen LogP contribution in [0.5, 0.6) is 0 Å². The second-order valence-corrected chi connectivity index (χ2v) is 4.81. The van der Waals surface area contributed by atoms with Crippen LogP contribution in [0.25, 0.3) is 5.69 Å². The van der Waals surface area contributed by atoms with Gasteiger partial charge in [-0.15, -0.1) is 0 Å². The highest BCUT2D eigenvalue weighted by Gasteiger charge is 2.35. The van der Waals surface area contributed by atoms with E-state index in [2.05, 4.69) is 0 Å². The highest BCUT2D eigenvalue weighted by molar-refractivity contribution is 5.32. The molecule has 0 saturated heterocycles. The molecular formula is C15H12F2N2O2. The fourth-order valence-electron chi connectivity index (χ4n) is 2.39. The average molecular weight is 290 g/mol. The van der Waals surface area contributed by atoms with Crippen LogP contribution in [0, 0.1) is 0 Å². The molecule has 1 aromatic carbocycles. The van der Waals surface area contributed by atoms with Gasteiger partial charge in [-0.3, -0.25) is 9.36 Å². The Kier molecular flexibility index (Phi) is 3.08. The molecule has 21 heavy (non-hydrogen) atoms. The third-order valence-corrected chi connectivity index (χ3v) is 3.41. The summed E-state index contributed by atoms with van der Waals surface area (Å²) in [6.07, 6.45) is 2.32. The molecule has 0 radical (unpaired) electrons. The van der Waals surface area contributed by atoms with E-state index in [0.717, 1.165) is 15.2 Å². The Hall–Kier alpha value is -2.50. The van der Waals surface area contributed by atoms with Gasteiger partial charge in [-0.2, -0.15) is 8.78 Å². The summed E-state index contributed by atoms with van der Waals surface area (Å²) in [6.45, 7) is 0.0247. The van der Waals surface area contributed by atoms with Gasteiger partial charge < -0.3 is 0 Å². The van der Waals surface area contributed by atoms with E-state index in [9.17, 15) is 18.4 Å². The van der Waals surface area contributed by atoms with Gasteiger partial charge in [-0.25, -0.2) is 9.36 Å². The highest BCUT2D eigenvalue weighted by atomic mass is 19.3. The quantitative estimate of drug-likeness (QED) is 0.755. The van der Waals surface area contributed by atoms with Crippen molar-refractivity contribution < 1.29 is 8.78 Å². The zero-order valence-corrected chi connectivity index (χ0v) is 11.0. The largest absolute Gasteiger partial charge is 0.336 e. The van der Waals surface area contributed by atoms with Crippen LogP contribution in [0.1, 0.15) is 12.1 Å². The van der Waals surface area contributed by atoms with Crippen LogP contribution >= 0.6 is 0 Å². The van der Waals surface area contributed by atoms with E-state index in [1.165, 1.54) is 12.2 Å². The predicted octanol–water partition coefficient (Wildman–Crippen LogP) is 2.05. The maximum atomic E-state index is 14.0. The summed E-state index contributed by atoms with van der Waals surface area (Å²) in [5, 5.41) is 0. The molecule has 0 unspecified atom stereocenters. The van der Waals surface area contributed by atoms with Crippen molar-refractivity contribution in [3.63, 3.8) is 0 Å². The van der Waals surface area contributed by atoms with Gasteiger partial charge in [0, 0.05) is 19.0 Å². The molecule has 0 N–H and O–H groups in total. The van der Waals surface area contributed by atoms with Crippen molar-refractivity contribution >= 4 is 0 Å². The molecule has 0 amide bonds. The number of fused-ring (bicyclic) bond motifs is 1. The van der Waals surface area contributed by atoms with Crippen LogP contribution in [0.3, 0.4) is 0 Å². The summed E-state index contributed by atoms with van der Waals surface area (Å²) < 4.78 is 29.8. The second kappa shape index (κ2) is 4.80. The molecule has 2 heterocycles. The molecule has 0 saturated carbocycles. The Morgan fingerprint density at radius 1 is 1.05 bits per heavy atom. The molecule has 3 rings (SSSR count). The maximum Gasteiger partial charge on any atom is 0.336 e. The predicted molar refractivity (Wildman–Crippen MR) is 74.0 cm³/mol. The van der Waals surface area contributed by atoms with Crippen molar-refractivity contribution in [3.05, 3.63) is 75.1 Å². The SMILES string of the molecule is O=c1cc2n(c(=O)n1-c1ccccc1)CC=CCC2(F)F. The molecule has 1 aromatic heterocycles. The standard InChI is InChI=1S/C15H12F2N2O2/c16-15(17)8-4-5-9-18-12(15)10-13(20)19(14(18)21)11-6-2-1-3-7-11/h1-7,10H,8-9H2. The van der Waals surface area contributed by atoms with Crippen LogP contribution in [0.2, 0.25) is 0 Å². The first-order chi connectivity index (χ1) is 10.0. The fourth-order valence-corrected chi connectivity index (χ4v) is 2.39. The summed E-state index contributed by atoms with van der Waals surface area (Å²) in [7, 11) is 0. The van der Waals surface area contributed by atoms with E-state index in [1.807, 2.05) is 0 Å². The molecule has 6 heteroatoms. The lowest BCUT2D eigenvalue weighted by atomic mass is 10.1. The van der Waals surface area contributed by atoms with Gasteiger partial charge in [0.2, 0.25) is 0 Å². The number of allylic oxidation sites excluding steroid dienone is 2. The number of alkyl halides is 2. The zero-order valence-electron chi connectivity index (χ0n) is 11.0. The Labute approximate surface area is 118 Å². The fraction of sp³-hybridized carbons (Fsp3) is 0.200. The highest BCUT2D eigenvalue weighted by Crippen LogP contribution is 2.32. The Bertz CT molecular complexity index is 820. The maximum absolute atomic E-state index is 14.0. The summed E-state index contributed by atoms with van der Waals surface area (Å²) in [5.41, 5.74) is -1.68. The van der Waals surface area contributed by atoms with Crippen molar-refractivity contribution in [1.29, 1.82) is 0 Å². The molecule has 4 nitrogen and oxygen atoms in total. The van der Waals surface area contributed by atoms with E-state index < -0.39 is 29.3 Å². The second-order valence-electron chi connectivity index (χ2n) is 4.81. The first-order valence-corrected chi connectivity index (χ1v) is 6.46. The number of benzene rings is 1. The Morgan fingerprint density at radius 3 is 2.48 bits per heavy atom. The molecule has 0 atom stereocenters. The average Bonchev–Trinajstić information content (AvgIpc) is 2.60. The smallest absolute Gasteiger partial charge is 0.287 e. The van der Waals surface area contributed by atoms with Crippen LogP contribution in [0.4, 0.5) is 8.78 Å². The number of para-hydroxylation sites is 1. The summed E-state index contributed by atoms with van der Waals surface area (Å²) in [6, 6.07) is 9.10. The first kappa shape index (κ1) is 13.5. The van der Waals surface area contributed by atoms with Gasteiger partial charge in [0.25, 0.3) is 11.5 Å². The molecule has 2 aromatic rings. The normalized spacial score (nSPS) is 16.3.